The van der Waals surface area contributed by atoms with Gasteiger partial charge in [0.05, 0.1) is 0 Å². The van der Waals surface area contributed by atoms with Crippen molar-refractivity contribution in [1.82, 2.24) is 0 Å². The molecule has 0 amide bonds. The summed E-state index contributed by atoms with van der Waals surface area (Å²) in [7, 11) is 0. The summed E-state index contributed by atoms with van der Waals surface area (Å²) >= 11 is 0. The van der Waals surface area contributed by atoms with E-state index in [1.54, 1.807) is 0 Å². The van der Waals surface area contributed by atoms with E-state index in [1.807, 2.05) is 0 Å². The average Bonchev–Trinajstić information content (AvgIpc) is 2.84. The number of hydrogen-bond donors (Lipinski definition) is 0. The Labute approximate surface area is 176 Å². The fraction of sp³-hybridized carbons (Fsp3) is 0. The Bertz CT molecular complexity index is 1400. The van der Waals surface area contributed by atoms with Gasteiger partial charge in [0.25, 0.3) is 0 Å². The van der Waals surface area contributed by atoms with Crippen LogP contribution in [0.4, 0.5) is 0 Å². The first-order valence-electron chi connectivity index (χ1n) is 10.4. The normalized spacial score (nSPS) is 11.3. The number of benzene rings is 6. The van der Waals surface area contributed by atoms with E-state index in [1.165, 1.54) is 54.6 Å². The van der Waals surface area contributed by atoms with Gasteiger partial charge in [-0.2, -0.15) is 0 Å². The van der Waals surface area contributed by atoms with Crippen LogP contribution in [0, 0.1) is 0 Å². The molecule has 0 radical (unpaired) electrons. The maximum atomic E-state index is 2.26. The molecule has 0 fully saturated rings. The van der Waals surface area contributed by atoms with Crippen LogP contribution in [0.3, 0.4) is 0 Å². The molecule has 0 bridgehead atoms. The van der Waals surface area contributed by atoms with Gasteiger partial charge in [-0.3, -0.25) is 0 Å². The maximum absolute atomic E-state index is 2.26. The lowest BCUT2D eigenvalue weighted by atomic mass is 9.88. The van der Waals surface area contributed by atoms with Crippen LogP contribution in [0.5, 0.6) is 0 Å². The van der Waals surface area contributed by atoms with E-state index in [0.717, 1.165) is 0 Å². The predicted octanol–water partition coefficient (Wildman–Crippen LogP) is 8.48. The molecule has 0 heteroatoms. The summed E-state index contributed by atoms with van der Waals surface area (Å²) in [4.78, 5) is 0. The minimum absolute atomic E-state index is 1.25. The van der Waals surface area contributed by atoms with Crippen LogP contribution in [0.25, 0.3) is 54.6 Å². The standard InChI is InChI=1S/C30H20/c1-3-9-21(10-4-1)26-15-7-13-23-17-19-25-20-18-24-14-8-16-27(22-11-5-2-6-12-22)29(24)30(25)28(23)26/h1-20H. The van der Waals surface area contributed by atoms with Crippen LogP contribution in [0.15, 0.2) is 121 Å². The van der Waals surface area contributed by atoms with E-state index in [4.69, 9.17) is 0 Å². The van der Waals surface area contributed by atoms with E-state index in [2.05, 4.69) is 121 Å². The van der Waals surface area contributed by atoms with Crippen molar-refractivity contribution in [1.29, 1.82) is 0 Å². The number of hydrogen-bond acceptors (Lipinski definition) is 0. The SMILES string of the molecule is c1ccc(-c2cccc3ccc4ccc5cccc(-c6ccccc6)c5c4c23)cc1. The van der Waals surface area contributed by atoms with Crippen molar-refractivity contribution in [3.05, 3.63) is 121 Å². The summed E-state index contributed by atoms with van der Waals surface area (Å²) in [6.07, 6.45) is 0. The van der Waals surface area contributed by atoms with Gasteiger partial charge < -0.3 is 0 Å². The third kappa shape index (κ3) is 2.62. The van der Waals surface area contributed by atoms with Crippen LogP contribution in [0.1, 0.15) is 0 Å². The fourth-order valence-corrected chi connectivity index (χ4v) is 4.69. The first-order valence-corrected chi connectivity index (χ1v) is 10.4. The Balaban J connectivity index is 1.86. The lowest BCUT2D eigenvalue weighted by Gasteiger charge is -2.15. The summed E-state index contributed by atoms with van der Waals surface area (Å²) in [5, 5.41) is 7.83. The highest BCUT2D eigenvalue weighted by Gasteiger charge is 2.13. The zero-order valence-corrected chi connectivity index (χ0v) is 16.5. The summed E-state index contributed by atoms with van der Waals surface area (Å²) in [5.74, 6) is 0. The maximum Gasteiger partial charge on any atom is -0.00143 e. The van der Waals surface area contributed by atoms with Crippen LogP contribution in [-0.2, 0) is 0 Å². The van der Waals surface area contributed by atoms with Crippen molar-refractivity contribution in [3.63, 3.8) is 0 Å². The zero-order valence-electron chi connectivity index (χ0n) is 16.5. The largest absolute Gasteiger partial charge is 0.0622 e. The summed E-state index contributed by atoms with van der Waals surface area (Å²) < 4.78 is 0. The third-order valence-electron chi connectivity index (χ3n) is 6.04. The molecule has 0 aliphatic heterocycles. The number of fused-ring (bicyclic) bond motifs is 5. The van der Waals surface area contributed by atoms with E-state index in [9.17, 15) is 0 Å². The molecule has 0 atom stereocenters. The van der Waals surface area contributed by atoms with E-state index in [-0.39, 0.29) is 0 Å². The molecule has 0 nitrogen and oxygen atoms in total. The van der Waals surface area contributed by atoms with E-state index >= 15 is 0 Å². The lowest BCUT2D eigenvalue weighted by Crippen LogP contribution is -1.88. The van der Waals surface area contributed by atoms with Gasteiger partial charge in [-0.25, -0.2) is 0 Å². The summed E-state index contributed by atoms with van der Waals surface area (Å²) in [6, 6.07) is 43.8. The second kappa shape index (κ2) is 6.86. The molecular formula is C30H20. The quantitative estimate of drug-likeness (QED) is 0.264. The first kappa shape index (κ1) is 17.0. The molecule has 0 unspecified atom stereocenters. The predicted molar refractivity (Wildman–Crippen MR) is 130 cm³/mol. The summed E-state index contributed by atoms with van der Waals surface area (Å²) in [5.41, 5.74) is 5.08. The van der Waals surface area contributed by atoms with Crippen molar-refractivity contribution in [3.8, 4) is 22.3 Å². The Hall–Kier alpha value is -3.90. The molecule has 0 heterocycles. The summed E-state index contributed by atoms with van der Waals surface area (Å²) in [6.45, 7) is 0. The Morgan fingerprint density at radius 3 is 1.10 bits per heavy atom. The van der Waals surface area contributed by atoms with Crippen LogP contribution in [-0.4, -0.2) is 0 Å². The van der Waals surface area contributed by atoms with Gasteiger partial charge in [-0.05, 0) is 54.6 Å². The molecule has 0 aromatic heterocycles. The monoisotopic (exact) mass is 380 g/mol. The highest BCUT2D eigenvalue weighted by molar-refractivity contribution is 6.26. The highest BCUT2D eigenvalue weighted by Crippen LogP contribution is 2.41. The van der Waals surface area contributed by atoms with Gasteiger partial charge in [-0.15, -0.1) is 0 Å². The molecule has 0 saturated heterocycles. The van der Waals surface area contributed by atoms with E-state index in [0.29, 0.717) is 0 Å². The Kier molecular flexibility index (Phi) is 3.89. The molecule has 30 heavy (non-hydrogen) atoms. The fourth-order valence-electron chi connectivity index (χ4n) is 4.69. The zero-order chi connectivity index (χ0) is 19.9. The first-order chi connectivity index (χ1) is 14.9. The highest BCUT2D eigenvalue weighted by atomic mass is 14.2. The third-order valence-corrected chi connectivity index (χ3v) is 6.04. The molecule has 0 aliphatic carbocycles. The minimum Gasteiger partial charge on any atom is -0.0622 e. The van der Waals surface area contributed by atoms with Gasteiger partial charge in [0, 0.05) is 0 Å². The van der Waals surface area contributed by atoms with Crippen LogP contribution >= 0.6 is 0 Å². The van der Waals surface area contributed by atoms with Gasteiger partial charge in [-0.1, -0.05) is 121 Å². The topological polar surface area (TPSA) is 0 Å². The molecule has 140 valence electrons. The molecule has 0 spiro atoms. The molecular weight excluding hydrogens is 360 g/mol. The molecule has 6 rings (SSSR count). The van der Waals surface area contributed by atoms with Crippen LogP contribution in [0.2, 0.25) is 0 Å². The van der Waals surface area contributed by atoms with Crippen molar-refractivity contribution in [2.24, 2.45) is 0 Å². The second-order valence-corrected chi connectivity index (χ2v) is 7.77. The smallest absolute Gasteiger partial charge is 0.00143 e. The van der Waals surface area contributed by atoms with Gasteiger partial charge in [0.1, 0.15) is 0 Å². The molecule has 0 saturated carbocycles. The number of rotatable bonds is 2. The van der Waals surface area contributed by atoms with Crippen molar-refractivity contribution in [2.45, 2.75) is 0 Å². The van der Waals surface area contributed by atoms with E-state index < -0.39 is 0 Å². The van der Waals surface area contributed by atoms with Gasteiger partial charge in [0.15, 0.2) is 0 Å². The molecule has 0 aliphatic rings. The molecule has 6 aromatic rings. The molecule has 0 N–H and O–H groups in total. The second-order valence-electron chi connectivity index (χ2n) is 7.77. The average molecular weight is 380 g/mol. The minimum atomic E-state index is 1.25. The van der Waals surface area contributed by atoms with Crippen molar-refractivity contribution >= 4 is 32.3 Å². The lowest BCUT2D eigenvalue weighted by molar-refractivity contribution is 1.65. The van der Waals surface area contributed by atoms with Crippen molar-refractivity contribution < 1.29 is 0 Å². The Morgan fingerprint density at radius 1 is 0.267 bits per heavy atom. The van der Waals surface area contributed by atoms with Crippen molar-refractivity contribution in [2.75, 3.05) is 0 Å². The van der Waals surface area contributed by atoms with Gasteiger partial charge >= 0.3 is 0 Å². The van der Waals surface area contributed by atoms with Crippen LogP contribution < -0.4 is 0 Å². The molecule has 6 aromatic carbocycles. The van der Waals surface area contributed by atoms with Gasteiger partial charge in [0.2, 0.25) is 0 Å². The Morgan fingerprint density at radius 2 is 0.667 bits per heavy atom.